The highest BCUT2D eigenvalue weighted by molar-refractivity contribution is 5.88. The van der Waals surface area contributed by atoms with Crippen LogP contribution in [0.5, 0.6) is 5.75 Å². The molecule has 3 aromatic rings. The summed E-state index contributed by atoms with van der Waals surface area (Å²) >= 11 is 0. The van der Waals surface area contributed by atoms with Crippen LogP contribution in [0, 0.1) is 0 Å². The minimum absolute atomic E-state index is 0.301. The summed E-state index contributed by atoms with van der Waals surface area (Å²) in [6.07, 6.45) is 1.61. The van der Waals surface area contributed by atoms with Crippen molar-refractivity contribution in [3.8, 4) is 28.0 Å². The van der Waals surface area contributed by atoms with E-state index in [9.17, 15) is 4.79 Å². The molecule has 0 spiro atoms. The van der Waals surface area contributed by atoms with Crippen LogP contribution in [0.2, 0.25) is 0 Å². The van der Waals surface area contributed by atoms with E-state index in [1.165, 1.54) is 7.11 Å². The summed E-state index contributed by atoms with van der Waals surface area (Å²) in [5.41, 5.74) is 4.49. The van der Waals surface area contributed by atoms with Gasteiger partial charge in [-0.1, -0.05) is 36.4 Å². The Hall–Kier alpha value is -3.14. The Morgan fingerprint density at radius 2 is 1.44 bits per heavy atom. The molecule has 0 unspecified atom stereocenters. The smallest absolute Gasteiger partial charge is 0.356 e. The van der Waals surface area contributed by atoms with Crippen molar-refractivity contribution in [2.75, 3.05) is 13.7 Å². The standard InChI is InChI=1S/C21H19NO3/c1-3-25-19-10-8-16(9-11-19)15-4-6-17(7-5-15)18-12-13-22-20(14-18)21(23)24-2/h4-14H,3H2,1-2H3. The lowest BCUT2D eigenvalue weighted by Gasteiger charge is -2.07. The molecule has 0 bridgehead atoms. The van der Waals surface area contributed by atoms with E-state index in [0.717, 1.165) is 28.0 Å². The average molecular weight is 333 g/mol. The SMILES string of the molecule is CCOc1ccc(-c2ccc(-c3ccnc(C(=O)OC)c3)cc2)cc1. The molecular formula is C21H19NO3. The third-order valence-electron chi connectivity index (χ3n) is 3.87. The van der Waals surface area contributed by atoms with Crippen LogP contribution in [0.1, 0.15) is 17.4 Å². The Bertz CT molecular complexity index is 855. The topological polar surface area (TPSA) is 48.4 Å². The van der Waals surface area contributed by atoms with E-state index < -0.39 is 5.97 Å². The number of carbonyl (C=O) groups is 1. The van der Waals surface area contributed by atoms with Crippen LogP contribution < -0.4 is 4.74 Å². The third kappa shape index (κ3) is 3.86. The molecule has 0 radical (unpaired) electrons. The molecule has 0 N–H and O–H groups in total. The zero-order valence-corrected chi connectivity index (χ0v) is 14.2. The zero-order chi connectivity index (χ0) is 17.6. The summed E-state index contributed by atoms with van der Waals surface area (Å²) < 4.78 is 10.2. The van der Waals surface area contributed by atoms with E-state index in [1.54, 1.807) is 12.3 Å². The first-order valence-corrected chi connectivity index (χ1v) is 8.09. The number of hydrogen-bond donors (Lipinski definition) is 0. The lowest BCUT2D eigenvalue weighted by atomic mass is 10.0. The second kappa shape index (κ2) is 7.62. The van der Waals surface area contributed by atoms with Gasteiger partial charge in [-0.3, -0.25) is 0 Å². The molecular weight excluding hydrogens is 314 g/mol. The van der Waals surface area contributed by atoms with Crippen molar-refractivity contribution in [3.63, 3.8) is 0 Å². The maximum absolute atomic E-state index is 11.6. The Kier molecular flexibility index (Phi) is 5.09. The lowest BCUT2D eigenvalue weighted by Crippen LogP contribution is -2.03. The molecule has 126 valence electrons. The Balaban J connectivity index is 1.83. The van der Waals surface area contributed by atoms with Crippen LogP contribution in [0.25, 0.3) is 22.3 Å². The summed E-state index contributed by atoms with van der Waals surface area (Å²) in [5.74, 6) is 0.433. The van der Waals surface area contributed by atoms with Gasteiger partial charge >= 0.3 is 5.97 Å². The van der Waals surface area contributed by atoms with Gasteiger partial charge in [-0.05, 0) is 53.4 Å². The van der Waals surface area contributed by atoms with Crippen LogP contribution in [0.3, 0.4) is 0 Å². The molecule has 0 amide bonds. The first-order chi connectivity index (χ1) is 12.2. The Morgan fingerprint density at radius 3 is 2.00 bits per heavy atom. The number of methoxy groups -OCH3 is 1. The molecule has 0 aliphatic rings. The van der Waals surface area contributed by atoms with Gasteiger partial charge in [-0.2, -0.15) is 0 Å². The Labute approximate surface area is 147 Å². The number of pyridine rings is 1. The second-order valence-electron chi connectivity index (χ2n) is 5.46. The highest BCUT2D eigenvalue weighted by atomic mass is 16.5. The van der Waals surface area contributed by atoms with Crippen molar-refractivity contribution in [1.82, 2.24) is 4.98 Å². The normalized spacial score (nSPS) is 10.3. The van der Waals surface area contributed by atoms with Gasteiger partial charge in [0.25, 0.3) is 0 Å². The fourth-order valence-corrected chi connectivity index (χ4v) is 2.59. The van der Waals surface area contributed by atoms with Gasteiger partial charge in [-0.25, -0.2) is 9.78 Å². The van der Waals surface area contributed by atoms with Crippen LogP contribution in [-0.4, -0.2) is 24.7 Å². The minimum atomic E-state index is -0.437. The maximum atomic E-state index is 11.6. The van der Waals surface area contributed by atoms with Crippen LogP contribution in [-0.2, 0) is 4.74 Å². The summed E-state index contributed by atoms with van der Waals surface area (Å²) in [6, 6.07) is 19.8. The van der Waals surface area contributed by atoms with Crippen LogP contribution >= 0.6 is 0 Å². The molecule has 1 aromatic heterocycles. The number of nitrogens with zero attached hydrogens (tertiary/aromatic N) is 1. The highest BCUT2D eigenvalue weighted by Crippen LogP contribution is 2.26. The van der Waals surface area contributed by atoms with Gasteiger partial charge in [0.05, 0.1) is 13.7 Å². The number of carbonyl (C=O) groups excluding carboxylic acids is 1. The quantitative estimate of drug-likeness (QED) is 0.640. The van der Waals surface area contributed by atoms with E-state index in [4.69, 9.17) is 9.47 Å². The van der Waals surface area contributed by atoms with E-state index in [0.29, 0.717) is 12.3 Å². The monoisotopic (exact) mass is 333 g/mol. The third-order valence-corrected chi connectivity index (χ3v) is 3.87. The number of esters is 1. The molecule has 0 aliphatic heterocycles. The van der Waals surface area contributed by atoms with E-state index >= 15 is 0 Å². The van der Waals surface area contributed by atoms with Crippen molar-refractivity contribution in [2.24, 2.45) is 0 Å². The minimum Gasteiger partial charge on any atom is -0.494 e. The molecule has 0 aliphatic carbocycles. The first-order valence-electron chi connectivity index (χ1n) is 8.09. The molecule has 25 heavy (non-hydrogen) atoms. The van der Waals surface area contributed by atoms with Gasteiger partial charge in [0.1, 0.15) is 11.4 Å². The molecule has 0 fully saturated rings. The predicted molar refractivity (Wildman–Crippen MR) is 97.6 cm³/mol. The van der Waals surface area contributed by atoms with Gasteiger partial charge in [0.2, 0.25) is 0 Å². The van der Waals surface area contributed by atoms with Gasteiger partial charge in [0, 0.05) is 6.20 Å². The van der Waals surface area contributed by atoms with Crippen molar-refractivity contribution < 1.29 is 14.3 Å². The van der Waals surface area contributed by atoms with Crippen molar-refractivity contribution >= 4 is 5.97 Å². The first kappa shape index (κ1) is 16.7. The van der Waals surface area contributed by atoms with Crippen molar-refractivity contribution in [2.45, 2.75) is 6.92 Å². The largest absolute Gasteiger partial charge is 0.494 e. The zero-order valence-electron chi connectivity index (χ0n) is 14.2. The molecule has 4 nitrogen and oxygen atoms in total. The van der Waals surface area contributed by atoms with E-state index in [-0.39, 0.29) is 0 Å². The van der Waals surface area contributed by atoms with Gasteiger partial charge in [-0.15, -0.1) is 0 Å². The second-order valence-corrected chi connectivity index (χ2v) is 5.46. The van der Waals surface area contributed by atoms with Gasteiger partial charge < -0.3 is 9.47 Å². The summed E-state index contributed by atoms with van der Waals surface area (Å²) in [5, 5.41) is 0. The predicted octanol–water partition coefficient (Wildman–Crippen LogP) is 4.60. The molecule has 0 saturated carbocycles. The Morgan fingerprint density at radius 1 is 0.880 bits per heavy atom. The average Bonchev–Trinajstić information content (AvgIpc) is 2.68. The fourth-order valence-electron chi connectivity index (χ4n) is 2.59. The number of rotatable bonds is 5. The van der Waals surface area contributed by atoms with E-state index in [2.05, 4.69) is 17.1 Å². The molecule has 3 rings (SSSR count). The van der Waals surface area contributed by atoms with Gasteiger partial charge in [0.15, 0.2) is 0 Å². The molecule has 0 atom stereocenters. The fraction of sp³-hybridized carbons (Fsp3) is 0.143. The number of ether oxygens (including phenoxy) is 2. The number of hydrogen-bond acceptors (Lipinski definition) is 4. The molecule has 1 heterocycles. The van der Waals surface area contributed by atoms with Crippen molar-refractivity contribution in [3.05, 3.63) is 72.6 Å². The summed E-state index contributed by atoms with van der Waals surface area (Å²) in [6.45, 7) is 2.63. The highest BCUT2D eigenvalue weighted by Gasteiger charge is 2.08. The van der Waals surface area contributed by atoms with E-state index in [1.807, 2.05) is 49.4 Å². The maximum Gasteiger partial charge on any atom is 0.356 e. The van der Waals surface area contributed by atoms with Crippen LogP contribution in [0.4, 0.5) is 0 Å². The number of aromatic nitrogens is 1. The van der Waals surface area contributed by atoms with Crippen molar-refractivity contribution in [1.29, 1.82) is 0 Å². The molecule has 2 aromatic carbocycles. The lowest BCUT2D eigenvalue weighted by molar-refractivity contribution is 0.0594. The molecule has 0 saturated heterocycles. The number of benzene rings is 2. The molecule has 4 heteroatoms. The summed E-state index contributed by atoms with van der Waals surface area (Å²) in [4.78, 5) is 15.7. The van der Waals surface area contributed by atoms with Crippen LogP contribution in [0.15, 0.2) is 66.9 Å². The summed E-state index contributed by atoms with van der Waals surface area (Å²) in [7, 11) is 1.35.